The average Bonchev–Trinajstić information content (AvgIpc) is 1.84. The molecule has 1 atom stereocenters. The number of amides is 1. The second kappa shape index (κ2) is 5.57. The third-order valence-corrected chi connectivity index (χ3v) is 1.44. The minimum atomic E-state index is -0.988. The molecule has 1 N–H and O–H groups in total. The van der Waals surface area contributed by atoms with E-state index < -0.39 is 12.0 Å². The molecular formula is C6H12NNaO3. The van der Waals surface area contributed by atoms with Gasteiger partial charge in [-0.2, -0.15) is 0 Å². The number of nitrogens with zero attached hydrogens (tertiary/aromatic N) is 1. The first-order chi connectivity index (χ1) is 4.46. The van der Waals surface area contributed by atoms with Gasteiger partial charge in [-0.15, -0.1) is 0 Å². The minimum absolute atomic E-state index is 0. The van der Waals surface area contributed by atoms with E-state index >= 15 is 0 Å². The van der Waals surface area contributed by atoms with E-state index in [-0.39, 0.29) is 35.5 Å². The van der Waals surface area contributed by atoms with Crippen LogP contribution in [0, 0.1) is 0 Å². The SMILES string of the molecule is CC(=O)N(C)[C@@H](C)C(=O)O.[NaH]. The maximum atomic E-state index is 10.6. The van der Waals surface area contributed by atoms with Crippen LogP contribution in [0.4, 0.5) is 0 Å². The molecule has 0 heterocycles. The summed E-state index contributed by atoms with van der Waals surface area (Å²) in [7, 11) is 1.46. The number of carbonyl (C=O) groups is 2. The number of carbonyl (C=O) groups excluding carboxylic acids is 1. The zero-order chi connectivity index (χ0) is 8.31. The van der Waals surface area contributed by atoms with Gasteiger partial charge < -0.3 is 10.0 Å². The number of carboxylic acid groups (broad SMARTS) is 1. The van der Waals surface area contributed by atoms with Gasteiger partial charge in [-0.05, 0) is 6.92 Å². The van der Waals surface area contributed by atoms with Crippen molar-refractivity contribution < 1.29 is 14.7 Å². The van der Waals surface area contributed by atoms with Gasteiger partial charge in [0, 0.05) is 14.0 Å². The number of hydrogen-bond acceptors (Lipinski definition) is 2. The molecule has 11 heavy (non-hydrogen) atoms. The second-order valence-electron chi connectivity index (χ2n) is 2.14. The van der Waals surface area contributed by atoms with Crippen LogP contribution in [0.3, 0.4) is 0 Å². The fourth-order valence-corrected chi connectivity index (χ4v) is 0.438. The number of rotatable bonds is 2. The van der Waals surface area contributed by atoms with Gasteiger partial charge in [0.2, 0.25) is 5.91 Å². The van der Waals surface area contributed by atoms with Crippen molar-refractivity contribution in [3.05, 3.63) is 0 Å². The quantitative estimate of drug-likeness (QED) is 0.555. The zero-order valence-corrected chi connectivity index (χ0v) is 6.29. The van der Waals surface area contributed by atoms with Crippen LogP contribution in [0.5, 0.6) is 0 Å². The van der Waals surface area contributed by atoms with Crippen molar-refractivity contribution >= 4 is 41.4 Å². The van der Waals surface area contributed by atoms with Crippen LogP contribution in [-0.2, 0) is 9.59 Å². The Balaban J connectivity index is 0. The van der Waals surface area contributed by atoms with Gasteiger partial charge in [-0.3, -0.25) is 4.79 Å². The molecule has 0 aliphatic carbocycles. The van der Waals surface area contributed by atoms with E-state index in [1.54, 1.807) is 0 Å². The molecule has 0 radical (unpaired) electrons. The Morgan fingerprint density at radius 3 is 1.91 bits per heavy atom. The van der Waals surface area contributed by atoms with E-state index in [1.807, 2.05) is 0 Å². The summed E-state index contributed by atoms with van der Waals surface area (Å²) >= 11 is 0. The fraction of sp³-hybridized carbons (Fsp3) is 0.667. The van der Waals surface area contributed by atoms with Crippen molar-refractivity contribution in [2.75, 3.05) is 7.05 Å². The molecule has 0 saturated carbocycles. The van der Waals surface area contributed by atoms with E-state index in [9.17, 15) is 9.59 Å². The molecule has 0 bridgehead atoms. The van der Waals surface area contributed by atoms with E-state index in [0.29, 0.717) is 0 Å². The normalized spacial score (nSPS) is 11.2. The standard InChI is InChI=1S/C6H11NO3.Na.H/c1-4(6(9)10)7(3)5(2)8;;/h4H,1-3H3,(H,9,10);;/t4-;;/m0../s1. The van der Waals surface area contributed by atoms with Crippen LogP contribution >= 0.6 is 0 Å². The molecule has 0 unspecified atom stereocenters. The summed E-state index contributed by atoms with van der Waals surface area (Å²) in [5.41, 5.74) is 0. The van der Waals surface area contributed by atoms with Crippen molar-refractivity contribution in [1.82, 2.24) is 4.90 Å². The molecular weight excluding hydrogens is 157 g/mol. The Hall–Kier alpha value is -0.0600. The molecule has 0 aliphatic rings. The second-order valence-corrected chi connectivity index (χ2v) is 2.14. The summed E-state index contributed by atoms with van der Waals surface area (Å²) < 4.78 is 0. The summed E-state index contributed by atoms with van der Waals surface area (Å²) in [6, 6.07) is -0.738. The molecule has 0 rings (SSSR count). The van der Waals surface area contributed by atoms with Gasteiger partial charge >= 0.3 is 35.5 Å². The van der Waals surface area contributed by atoms with Crippen molar-refractivity contribution in [3.63, 3.8) is 0 Å². The Morgan fingerprint density at radius 1 is 1.45 bits per heavy atom. The van der Waals surface area contributed by atoms with Crippen LogP contribution in [0.25, 0.3) is 0 Å². The van der Waals surface area contributed by atoms with Gasteiger partial charge in [0.25, 0.3) is 0 Å². The van der Waals surface area contributed by atoms with Gasteiger partial charge in [0.15, 0.2) is 0 Å². The number of likely N-dealkylation sites (N-methyl/N-ethyl adjacent to an activating group) is 1. The molecule has 60 valence electrons. The molecule has 0 aliphatic heterocycles. The van der Waals surface area contributed by atoms with Crippen LogP contribution < -0.4 is 0 Å². The van der Waals surface area contributed by atoms with Crippen molar-refractivity contribution in [2.45, 2.75) is 19.9 Å². The van der Waals surface area contributed by atoms with E-state index in [1.165, 1.54) is 25.8 Å². The van der Waals surface area contributed by atoms with Gasteiger partial charge in [0.05, 0.1) is 0 Å². The number of aliphatic carboxylic acids is 1. The monoisotopic (exact) mass is 169 g/mol. The summed E-state index contributed by atoms with van der Waals surface area (Å²) in [5.74, 6) is -1.23. The molecule has 0 saturated heterocycles. The van der Waals surface area contributed by atoms with Gasteiger partial charge in [-0.25, -0.2) is 4.79 Å². The Kier molecular flexibility index (Phi) is 6.85. The van der Waals surface area contributed by atoms with Crippen molar-refractivity contribution in [1.29, 1.82) is 0 Å². The Morgan fingerprint density at radius 2 is 1.82 bits per heavy atom. The number of hydrogen-bond donors (Lipinski definition) is 1. The van der Waals surface area contributed by atoms with Crippen LogP contribution in [-0.4, -0.2) is 64.5 Å². The van der Waals surface area contributed by atoms with Crippen LogP contribution in [0.2, 0.25) is 0 Å². The maximum absolute atomic E-state index is 10.6. The fourth-order valence-electron chi connectivity index (χ4n) is 0.438. The molecule has 4 nitrogen and oxygen atoms in total. The predicted molar refractivity (Wildman–Crippen MR) is 42.7 cm³/mol. The first-order valence-electron chi connectivity index (χ1n) is 2.93. The topological polar surface area (TPSA) is 57.6 Å². The summed E-state index contributed by atoms with van der Waals surface area (Å²) in [4.78, 5) is 22.0. The first-order valence-corrected chi connectivity index (χ1v) is 2.93. The molecule has 1 amide bonds. The molecule has 5 heteroatoms. The van der Waals surface area contributed by atoms with Gasteiger partial charge in [-0.1, -0.05) is 0 Å². The van der Waals surface area contributed by atoms with Gasteiger partial charge in [0.1, 0.15) is 6.04 Å². The zero-order valence-electron chi connectivity index (χ0n) is 6.29. The molecule has 0 aromatic rings. The Bertz CT molecular complexity index is 142. The first kappa shape index (κ1) is 13.5. The van der Waals surface area contributed by atoms with E-state index in [0.717, 1.165) is 0 Å². The molecule has 0 spiro atoms. The van der Waals surface area contributed by atoms with Crippen molar-refractivity contribution in [2.24, 2.45) is 0 Å². The third kappa shape index (κ3) is 4.40. The van der Waals surface area contributed by atoms with E-state index in [4.69, 9.17) is 5.11 Å². The van der Waals surface area contributed by atoms with Crippen LogP contribution in [0.1, 0.15) is 13.8 Å². The predicted octanol–water partition coefficient (Wildman–Crippen LogP) is -0.711. The molecule has 0 aromatic heterocycles. The number of carboxylic acids is 1. The van der Waals surface area contributed by atoms with Crippen molar-refractivity contribution in [3.8, 4) is 0 Å². The van der Waals surface area contributed by atoms with E-state index in [2.05, 4.69) is 0 Å². The summed E-state index contributed by atoms with van der Waals surface area (Å²) in [5, 5.41) is 8.41. The molecule has 0 fully saturated rings. The average molecular weight is 169 g/mol. The van der Waals surface area contributed by atoms with Crippen LogP contribution in [0.15, 0.2) is 0 Å². The summed E-state index contributed by atoms with van der Waals surface area (Å²) in [6.07, 6.45) is 0. The Labute approximate surface area is 87.9 Å². The molecule has 0 aromatic carbocycles. The third-order valence-electron chi connectivity index (χ3n) is 1.44. The summed E-state index contributed by atoms with van der Waals surface area (Å²) in [6.45, 7) is 2.79.